The number of rotatable bonds is 7. The smallest absolute Gasteiger partial charge is 0.285 e. The Kier molecular flexibility index (Phi) is 6.91. The third kappa shape index (κ3) is 4.99. The van der Waals surface area contributed by atoms with E-state index in [2.05, 4.69) is 19.1 Å². The molecule has 1 fully saturated rings. The lowest BCUT2D eigenvalue weighted by molar-refractivity contribution is -0.114. The van der Waals surface area contributed by atoms with Gasteiger partial charge in [-0.3, -0.25) is 9.47 Å². The van der Waals surface area contributed by atoms with Crippen LogP contribution in [0.5, 0.6) is 11.5 Å². The molecule has 1 amide bonds. The van der Waals surface area contributed by atoms with Crippen molar-refractivity contribution in [2.75, 3.05) is 11.6 Å². The van der Waals surface area contributed by atoms with Gasteiger partial charge in [-0.25, -0.2) is 0 Å². The second kappa shape index (κ2) is 9.85. The topological polar surface area (TPSA) is 43.7 Å². The van der Waals surface area contributed by atoms with Gasteiger partial charge in [-0.2, -0.15) is 5.01 Å². The minimum Gasteiger partial charge on any atom is -0.490 e. The molecule has 1 aromatic heterocycles. The van der Waals surface area contributed by atoms with E-state index in [1.807, 2.05) is 74.0 Å². The van der Waals surface area contributed by atoms with Crippen LogP contribution in [-0.2, 0) is 11.4 Å². The van der Waals surface area contributed by atoms with Crippen molar-refractivity contribution in [1.29, 1.82) is 0 Å². The Labute approximate surface area is 204 Å². The average Bonchev–Trinajstić information content (AvgIpc) is 3.24. The number of hydrogen-bond acceptors (Lipinski definition) is 5. The highest BCUT2D eigenvalue weighted by atomic mass is 32.2. The summed E-state index contributed by atoms with van der Waals surface area (Å²) < 4.78 is 14.2. The second-order valence-corrected chi connectivity index (χ2v) is 9.51. The van der Waals surface area contributed by atoms with Crippen molar-refractivity contribution in [3.8, 4) is 11.5 Å². The van der Waals surface area contributed by atoms with Gasteiger partial charge >= 0.3 is 0 Å². The molecule has 0 aliphatic carbocycles. The van der Waals surface area contributed by atoms with Crippen molar-refractivity contribution in [3.05, 3.63) is 87.6 Å². The molecule has 7 heteroatoms. The van der Waals surface area contributed by atoms with Gasteiger partial charge < -0.3 is 9.47 Å². The first kappa shape index (κ1) is 23.1. The van der Waals surface area contributed by atoms with Crippen LogP contribution in [0, 0.1) is 20.8 Å². The van der Waals surface area contributed by atoms with Gasteiger partial charge in [0.2, 0.25) is 0 Å². The SMILES string of the molecule is CCOc1cc(/C=C2\SC(=S)N(n3c(C)ccc3C)C2=O)ccc1OCc1cccc(C)c1. The molecule has 2 heterocycles. The zero-order chi connectivity index (χ0) is 23.5. The van der Waals surface area contributed by atoms with E-state index in [9.17, 15) is 4.79 Å². The van der Waals surface area contributed by atoms with Crippen LogP contribution in [0.15, 0.2) is 59.5 Å². The lowest BCUT2D eigenvalue weighted by atomic mass is 10.1. The van der Waals surface area contributed by atoms with E-state index in [1.165, 1.54) is 17.3 Å². The van der Waals surface area contributed by atoms with E-state index >= 15 is 0 Å². The number of ether oxygens (including phenoxy) is 2. The monoisotopic (exact) mass is 478 g/mol. The van der Waals surface area contributed by atoms with Crippen LogP contribution < -0.4 is 14.5 Å². The van der Waals surface area contributed by atoms with Crippen LogP contribution >= 0.6 is 24.0 Å². The molecule has 1 aliphatic heterocycles. The highest BCUT2D eigenvalue weighted by molar-refractivity contribution is 8.27. The standard InChI is InChI=1S/C26H26N2O3S2/c1-5-30-23-14-20(11-12-22(23)31-16-21-8-6-7-17(2)13-21)15-24-25(29)28(26(32)33-24)27-18(3)9-10-19(27)4/h6-15H,5,16H2,1-4H3/b24-15-. The van der Waals surface area contributed by atoms with E-state index < -0.39 is 0 Å². The summed E-state index contributed by atoms with van der Waals surface area (Å²) in [6, 6.07) is 17.9. The fourth-order valence-corrected chi connectivity index (χ4v) is 4.97. The van der Waals surface area contributed by atoms with E-state index in [4.69, 9.17) is 21.7 Å². The van der Waals surface area contributed by atoms with Crippen molar-refractivity contribution in [3.63, 3.8) is 0 Å². The lowest BCUT2D eigenvalue weighted by Gasteiger charge is -2.20. The first-order valence-corrected chi connectivity index (χ1v) is 12.0. The Morgan fingerprint density at radius 2 is 1.73 bits per heavy atom. The van der Waals surface area contributed by atoms with E-state index in [-0.39, 0.29) is 5.91 Å². The summed E-state index contributed by atoms with van der Waals surface area (Å²) >= 11 is 6.82. The molecular weight excluding hydrogens is 452 g/mol. The fraction of sp³-hybridized carbons (Fsp3) is 0.231. The molecule has 0 unspecified atom stereocenters. The fourth-order valence-electron chi connectivity index (χ4n) is 3.72. The van der Waals surface area contributed by atoms with Crippen LogP contribution in [0.3, 0.4) is 0 Å². The third-order valence-electron chi connectivity index (χ3n) is 5.25. The van der Waals surface area contributed by atoms with E-state index in [0.717, 1.165) is 22.5 Å². The molecule has 4 rings (SSSR count). The van der Waals surface area contributed by atoms with Crippen molar-refractivity contribution in [1.82, 2.24) is 4.68 Å². The molecule has 1 aliphatic rings. The summed E-state index contributed by atoms with van der Waals surface area (Å²) in [4.78, 5) is 13.7. The van der Waals surface area contributed by atoms with Crippen molar-refractivity contribution in [2.45, 2.75) is 34.3 Å². The molecule has 0 saturated carbocycles. The maximum atomic E-state index is 13.2. The number of carbonyl (C=O) groups excluding carboxylic acids is 1. The van der Waals surface area contributed by atoms with Gasteiger partial charge in [-0.1, -0.05) is 47.7 Å². The maximum Gasteiger partial charge on any atom is 0.285 e. The van der Waals surface area contributed by atoms with Crippen LogP contribution in [0.2, 0.25) is 0 Å². The van der Waals surface area contributed by atoms with Crippen LogP contribution in [-0.4, -0.2) is 21.5 Å². The molecule has 170 valence electrons. The largest absolute Gasteiger partial charge is 0.490 e. The summed E-state index contributed by atoms with van der Waals surface area (Å²) in [7, 11) is 0. The molecular formula is C26H26N2O3S2. The molecule has 0 N–H and O–H groups in total. The summed E-state index contributed by atoms with van der Waals surface area (Å²) in [5.41, 5.74) is 5.06. The van der Waals surface area contributed by atoms with Crippen molar-refractivity contribution in [2.24, 2.45) is 0 Å². The zero-order valence-electron chi connectivity index (χ0n) is 19.1. The Bertz CT molecular complexity index is 1230. The number of thiocarbonyl (C=S) groups is 1. The van der Waals surface area contributed by atoms with Crippen molar-refractivity contribution < 1.29 is 14.3 Å². The maximum absolute atomic E-state index is 13.2. The number of nitrogens with zero attached hydrogens (tertiary/aromatic N) is 2. The Morgan fingerprint density at radius 1 is 0.970 bits per heavy atom. The zero-order valence-corrected chi connectivity index (χ0v) is 20.8. The summed E-state index contributed by atoms with van der Waals surface area (Å²) in [6.45, 7) is 8.88. The van der Waals surface area contributed by atoms with Crippen LogP contribution in [0.4, 0.5) is 0 Å². The predicted octanol–water partition coefficient (Wildman–Crippen LogP) is 5.93. The molecule has 0 bridgehead atoms. The number of hydrogen-bond donors (Lipinski definition) is 0. The van der Waals surface area contributed by atoms with Gasteiger partial charge in [-0.15, -0.1) is 0 Å². The molecule has 0 radical (unpaired) electrons. The molecule has 2 aromatic carbocycles. The number of aromatic nitrogens is 1. The second-order valence-electron chi connectivity index (χ2n) is 7.84. The summed E-state index contributed by atoms with van der Waals surface area (Å²) in [5, 5.41) is 1.55. The molecule has 5 nitrogen and oxygen atoms in total. The quantitative estimate of drug-likeness (QED) is 0.311. The van der Waals surface area contributed by atoms with Crippen LogP contribution in [0.1, 0.15) is 35.0 Å². The number of amides is 1. The Hall–Kier alpha value is -3.03. The van der Waals surface area contributed by atoms with Gasteiger partial charge in [0.05, 0.1) is 11.5 Å². The number of benzene rings is 2. The minimum absolute atomic E-state index is 0.134. The summed E-state index contributed by atoms with van der Waals surface area (Å²) in [5.74, 6) is 1.18. The number of aryl methyl sites for hydroxylation is 3. The third-order valence-corrected chi connectivity index (χ3v) is 6.53. The molecule has 1 saturated heterocycles. The predicted molar refractivity (Wildman–Crippen MR) is 138 cm³/mol. The number of carbonyl (C=O) groups is 1. The Morgan fingerprint density at radius 3 is 2.42 bits per heavy atom. The molecule has 33 heavy (non-hydrogen) atoms. The van der Waals surface area contributed by atoms with Gasteiger partial charge in [0, 0.05) is 11.4 Å². The molecule has 0 spiro atoms. The van der Waals surface area contributed by atoms with E-state index in [0.29, 0.717) is 33.9 Å². The van der Waals surface area contributed by atoms with Crippen LogP contribution in [0.25, 0.3) is 6.08 Å². The Balaban J connectivity index is 1.57. The first-order chi connectivity index (χ1) is 15.9. The normalized spacial score (nSPS) is 14.9. The van der Waals surface area contributed by atoms with Gasteiger partial charge in [0.1, 0.15) is 6.61 Å². The summed E-state index contributed by atoms with van der Waals surface area (Å²) in [6.07, 6.45) is 1.85. The van der Waals surface area contributed by atoms with E-state index in [1.54, 1.807) is 5.01 Å². The first-order valence-electron chi connectivity index (χ1n) is 10.8. The van der Waals surface area contributed by atoms with Gasteiger partial charge in [0.15, 0.2) is 15.8 Å². The highest BCUT2D eigenvalue weighted by Crippen LogP contribution is 2.35. The molecule has 0 atom stereocenters. The minimum atomic E-state index is -0.134. The lowest BCUT2D eigenvalue weighted by Crippen LogP contribution is -2.39. The highest BCUT2D eigenvalue weighted by Gasteiger charge is 2.34. The van der Waals surface area contributed by atoms with Gasteiger partial charge in [0.25, 0.3) is 5.91 Å². The van der Waals surface area contributed by atoms with Gasteiger partial charge in [-0.05, 0) is 81.4 Å². The number of thioether (sulfide) groups is 1. The average molecular weight is 479 g/mol. The van der Waals surface area contributed by atoms with Crippen molar-refractivity contribution >= 4 is 40.3 Å². The molecule has 3 aromatic rings.